The quantitative estimate of drug-likeness (QED) is 0.242. The summed E-state index contributed by atoms with van der Waals surface area (Å²) in [5.41, 5.74) is 5.21. The van der Waals surface area contributed by atoms with Gasteiger partial charge in [0, 0.05) is 13.0 Å². The van der Waals surface area contributed by atoms with Gasteiger partial charge < -0.3 is 15.9 Å². The Balaban J connectivity index is -0.000000530. The first-order valence-electron chi connectivity index (χ1n) is 11.6. The Hall–Kier alpha value is -0.610. The van der Waals surface area contributed by atoms with Crippen LogP contribution in [0.25, 0.3) is 0 Å². The van der Waals surface area contributed by atoms with E-state index in [1.807, 2.05) is 0 Å². The van der Waals surface area contributed by atoms with Crippen LogP contribution in [0.5, 0.6) is 0 Å². The van der Waals surface area contributed by atoms with Gasteiger partial charge in [0.2, 0.25) is 0 Å². The molecule has 166 valence electrons. The van der Waals surface area contributed by atoms with Crippen molar-refractivity contribution < 1.29 is 15.0 Å². The molecule has 0 bridgehead atoms. The smallest absolute Gasteiger partial charge is 0.303 e. The van der Waals surface area contributed by atoms with Gasteiger partial charge in [-0.05, 0) is 26.3 Å². The first kappa shape index (κ1) is 31.1. The van der Waals surface area contributed by atoms with Crippen LogP contribution in [0.2, 0.25) is 0 Å². The van der Waals surface area contributed by atoms with Crippen molar-refractivity contribution in [3.63, 3.8) is 0 Å². The summed E-state index contributed by atoms with van der Waals surface area (Å²) < 4.78 is 0. The van der Waals surface area contributed by atoms with Gasteiger partial charge in [0.05, 0.1) is 0 Å². The van der Waals surface area contributed by atoms with Crippen molar-refractivity contribution in [3.8, 4) is 0 Å². The highest BCUT2D eigenvalue weighted by molar-refractivity contribution is 5.66. The molecule has 4 nitrogen and oxygen atoms in total. The monoisotopic (exact) mass is 389 g/mol. The molecule has 0 heterocycles. The summed E-state index contributed by atoms with van der Waals surface area (Å²) in [4.78, 5) is 10.3. The molecule has 0 fully saturated rings. The van der Waals surface area contributed by atoms with Crippen LogP contribution >= 0.6 is 0 Å². The highest BCUT2D eigenvalue weighted by Crippen LogP contribution is 2.12. The minimum absolute atomic E-state index is 0.250. The first-order chi connectivity index (χ1) is 13.1. The van der Waals surface area contributed by atoms with E-state index in [0.717, 1.165) is 19.4 Å². The molecule has 27 heavy (non-hydrogen) atoms. The molecule has 0 aromatic carbocycles. The number of carbonyl (C=O) groups is 1. The van der Waals surface area contributed by atoms with Crippen LogP contribution in [0.3, 0.4) is 0 Å². The number of unbranched alkanes of at least 4 members (excludes halogenated alkanes) is 14. The Labute approximate surface area is 170 Å². The van der Waals surface area contributed by atoms with E-state index in [1.54, 1.807) is 6.92 Å². The molecule has 0 radical (unpaired) electrons. The summed E-state index contributed by atoms with van der Waals surface area (Å²) >= 11 is 0. The summed E-state index contributed by atoms with van der Waals surface area (Å²) in [7, 11) is 0. The molecule has 0 spiro atoms. The van der Waals surface area contributed by atoms with E-state index in [1.165, 1.54) is 89.9 Å². The number of nitrogens with two attached hydrogens (primary N) is 1. The van der Waals surface area contributed by atoms with Gasteiger partial charge in [-0.1, -0.05) is 104 Å². The topological polar surface area (TPSA) is 83.5 Å². The highest BCUT2D eigenvalue weighted by atomic mass is 16.4. The molecule has 0 aliphatic rings. The Morgan fingerprint density at radius 1 is 0.630 bits per heavy atom. The van der Waals surface area contributed by atoms with E-state index in [-0.39, 0.29) is 6.61 Å². The SMILES string of the molecule is CCCCCCCCCCCCCCCC(=O)O.CCCCCN.CCO. The molecule has 0 atom stereocenters. The Bertz CT molecular complexity index is 244. The lowest BCUT2D eigenvalue weighted by Gasteiger charge is -2.02. The van der Waals surface area contributed by atoms with Crippen molar-refractivity contribution in [3.05, 3.63) is 0 Å². The average Bonchev–Trinajstić information content (AvgIpc) is 2.65. The third kappa shape index (κ3) is 45.9. The Morgan fingerprint density at radius 2 is 0.926 bits per heavy atom. The normalized spacial score (nSPS) is 9.81. The fraction of sp³-hybridized carbons (Fsp3) is 0.957. The molecule has 0 aliphatic heterocycles. The van der Waals surface area contributed by atoms with Crippen molar-refractivity contribution in [2.45, 2.75) is 130 Å². The average molecular weight is 390 g/mol. The first-order valence-corrected chi connectivity index (χ1v) is 11.6. The summed E-state index contributed by atoms with van der Waals surface area (Å²) in [6, 6.07) is 0. The number of rotatable bonds is 17. The number of carboxylic acids is 1. The minimum atomic E-state index is -0.655. The van der Waals surface area contributed by atoms with Crippen LogP contribution < -0.4 is 5.73 Å². The van der Waals surface area contributed by atoms with Gasteiger partial charge in [-0.15, -0.1) is 0 Å². The summed E-state index contributed by atoms with van der Waals surface area (Å²) in [6.45, 7) is 7.22. The molecular formula is C23H51NO3. The van der Waals surface area contributed by atoms with E-state index < -0.39 is 5.97 Å². The lowest BCUT2D eigenvalue weighted by molar-refractivity contribution is -0.137. The molecule has 0 amide bonds. The fourth-order valence-corrected chi connectivity index (χ4v) is 2.69. The standard InChI is InChI=1S/C16H32O2.C5H13N.C2H6O/c1-2-3-4-5-6-7-8-9-10-11-12-13-14-15-16(17)18;1-2-3-4-5-6;1-2-3/h2-15H2,1H3,(H,17,18);2-6H2,1H3;3H,2H2,1H3. The number of aliphatic hydroxyl groups excluding tert-OH is 1. The maximum atomic E-state index is 10.3. The van der Waals surface area contributed by atoms with E-state index >= 15 is 0 Å². The van der Waals surface area contributed by atoms with E-state index in [4.69, 9.17) is 15.9 Å². The number of hydrogen-bond acceptors (Lipinski definition) is 3. The van der Waals surface area contributed by atoms with Crippen molar-refractivity contribution >= 4 is 5.97 Å². The van der Waals surface area contributed by atoms with Gasteiger partial charge in [0.25, 0.3) is 0 Å². The number of aliphatic carboxylic acids is 1. The van der Waals surface area contributed by atoms with Crippen LogP contribution in [-0.4, -0.2) is 29.3 Å². The van der Waals surface area contributed by atoms with E-state index in [0.29, 0.717) is 6.42 Å². The molecule has 4 N–H and O–H groups in total. The highest BCUT2D eigenvalue weighted by Gasteiger charge is 1.96. The molecule has 4 heteroatoms. The Morgan fingerprint density at radius 3 is 1.19 bits per heavy atom. The maximum Gasteiger partial charge on any atom is 0.303 e. The molecule has 0 saturated carbocycles. The maximum absolute atomic E-state index is 10.3. The second kappa shape index (κ2) is 33.0. The molecule has 0 saturated heterocycles. The third-order valence-corrected chi connectivity index (χ3v) is 4.30. The minimum Gasteiger partial charge on any atom is -0.481 e. The van der Waals surface area contributed by atoms with Crippen molar-refractivity contribution in [2.24, 2.45) is 5.73 Å². The van der Waals surface area contributed by atoms with Gasteiger partial charge in [-0.25, -0.2) is 0 Å². The number of carboxylic acid groups (broad SMARTS) is 1. The predicted octanol–water partition coefficient (Wildman–Crippen LogP) is 6.69. The lowest BCUT2D eigenvalue weighted by atomic mass is 10.0. The third-order valence-electron chi connectivity index (χ3n) is 4.30. The van der Waals surface area contributed by atoms with Crippen molar-refractivity contribution in [1.82, 2.24) is 0 Å². The second-order valence-corrected chi connectivity index (χ2v) is 7.20. The zero-order valence-electron chi connectivity index (χ0n) is 18.8. The van der Waals surface area contributed by atoms with Crippen LogP contribution in [0, 0.1) is 0 Å². The van der Waals surface area contributed by atoms with E-state index in [2.05, 4.69) is 13.8 Å². The summed E-state index contributed by atoms with van der Waals surface area (Å²) in [6.07, 6.45) is 21.0. The van der Waals surface area contributed by atoms with Gasteiger partial charge in [0.1, 0.15) is 0 Å². The molecule has 0 rings (SSSR count). The van der Waals surface area contributed by atoms with E-state index in [9.17, 15) is 4.79 Å². The van der Waals surface area contributed by atoms with Crippen LogP contribution in [0.4, 0.5) is 0 Å². The van der Waals surface area contributed by atoms with Crippen LogP contribution in [0.15, 0.2) is 0 Å². The molecule has 0 unspecified atom stereocenters. The second-order valence-electron chi connectivity index (χ2n) is 7.20. The zero-order valence-corrected chi connectivity index (χ0v) is 18.8. The Kier molecular flexibility index (Phi) is 38.0. The number of hydrogen-bond donors (Lipinski definition) is 3. The van der Waals surface area contributed by atoms with Crippen molar-refractivity contribution in [1.29, 1.82) is 0 Å². The lowest BCUT2D eigenvalue weighted by Crippen LogP contribution is -1.96. The summed E-state index contributed by atoms with van der Waals surface area (Å²) in [5.74, 6) is -0.655. The number of aliphatic hydroxyl groups is 1. The predicted molar refractivity (Wildman–Crippen MR) is 119 cm³/mol. The fourth-order valence-electron chi connectivity index (χ4n) is 2.69. The van der Waals surface area contributed by atoms with Gasteiger partial charge in [-0.3, -0.25) is 4.79 Å². The summed E-state index contributed by atoms with van der Waals surface area (Å²) in [5, 5.41) is 16.1. The van der Waals surface area contributed by atoms with Gasteiger partial charge in [-0.2, -0.15) is 0 Å². The molecular weight excluding hydrogens is 338 g/mol. The molecule has 0 aliphatic carbocycles. The zero-order chi connectivity index (χ0) is 21.0. The molecule has 0 aromatic heterocycles. The van der Waals surface area contributed by atoms with Crippen LogP contribution in [0.1, 0.15) is 130 Å². The van der Waals surface area contributed by atoms with Crippen molar-refractivity contribution in [2.75, 3.05) is 13.2 Å². The van der Waals surface area contributed by atoms with Gasteiger partial charge >= 0.3 is 5.97 Å². The molecule has 0 aromatic rings. The van der Waals surface area contributed by atoms with Gasteiger partial charge in [0.15, 0.2) is 0 Å². The van der Waals surface area contributed by atoms with Crippen LogP contribution in [-0.2, 0) is 4.79 Å². The largest absolute Gasteiger partial charge is 0.481 e.